The number of ketones is 1. The highest BCUT2D eigenvalue weighted by atomic mass is 28.3. The Morgan fingerprint density at radius 1 is 1.20 bits per heavy atom. The van der Waals surface area contributed by atoms with Gasteiger partial charge < -0.3 is 0 Å². The van der Waals surface area contributed by atoms with Gasteiger partial charge in [0.05, 0.1) is 0 Å². The highest BCUT2D eigenvalue weighted by Gasteiger charge is 2.54. The van der Waals surface area contributed by atoms with Gasteiger partial charge in [-0.05, 0) is 18.8 Å². The van der Waals surface area contributed by atoms with Crippen molar-refractivity contribution in [2.75, 3.05) is 0 Å². The van der Waals surface area contributed by atoms with Gasteiger partial charge >= 0.3 is 0 Å². The van der Waals surface area contributed by atoms with E-state index in [1.54, 1.807) is 0 Å². The van der Waals surface area contributed by atoms with Crippen molar-refractivity contribution in [1.29, 1.82) is 0 Å². The minimum Gasteiger partial charge on any atom is -0.299 e. The molecule has 2 aliphatic carbocycles. The van der Waals surface area contributed by atoms with E-state index in [1.807, 2.05) is 0 Å². The average Bonchev–Trinajstić information content (AvgIpc) is 2.17. The molecule has 0 aromatic rings. The zero-order valence-corrected chi connectivity index (χ0v) is 11.4. The summed E-state index contributed by atoms with van der Waals surface area (Å²) in [5, 5.41) is 0. The topological polar surface area (TPSA) is 17.1 Å². The van der Waals surface area contributed by atoms with Crippen LogP contribution in [0.5, 0.6) is 0 Å². The number of hydrogen-bond acceptors (Lipinski definition) is 1. The predicted molar refractivity (Wildman–Crippen MR) is 66.8 cm³/mol. The zero-order valence-electron chi connectivity index (χ0n) is 10.4. The highest BCUT2D eigenvalue weighted by Crippen LogP contribution is 2.55. The van der Waals surface area contributed by atoms with E-state index >= 15 is 0 Å². The molecule has 2 fully saturated rings. The lowest BCUT2D eigenvalue weighted by Crippen LogP contribution is -2.52. The lowest BCUT2D eigenvalue weighted by molar-refractivity contribution is -0.148. The van der Waals surface area contributed by atoms with Crippen molar-refractivity contribution >= 4 is 13.9 Å². The SMILES string of the molecule is C[Si](C)(C)CC1CC(=O)C12CCCCC2. The van der Waals surface area contributed by atoms with Crippen molar-refractivity contribution in [3.05, 3.63) is 0 Å². The molecule has 1 unspecified atom stereocenters. The quantitative estimate of drug-likeness (QED) is 0.651. The molecule has 2 heteroatoms. The average molecular weight is 224 g/mol. The summed E-state index contributed by atoms with van der Waals surface area (Å²) < 4.78 is 0. The molecule has 86 valence electrons. The maximum atomic E-state index is 11.9. The molecule has 2 rings (SSSR count). The van der Waals surface area contributed by atoms with Crippen LogP contribution in [0.25, 0.3) is 0 Å². The zero-order chi connectivity index (χ0) is 11.1. The number of rotatable bonds is 2. The maximum Gasteiger partial charge on any atom is 0.139 e. The fourth-order valence-electron chi connectivity index (χ4n) is 3.60. The van der Waals surface area contributed by atoms with E-state index < -0.39 is 8.07 Å². The van der Waals surface area contributed by atoms with Crippen molar-refractivity contribution in [2.45, 2.75) is 64.2 Å². The van der Waals surface area contributed by atoms with Crippen LogP contribution in [0.4, 0.5) is 0 Å². The molecule has 0 heterocycles. The Labute approximate surface area is 94.6 Å². The van der Waals surface area contributed by atoms with Gasteiger partial charge in [0.15, 0.2) is 0 Å². The number of carbonyl (C=O) groups is 1. The van der Waals surface area contributed by atoms with E-state index in [1.165, 1.54) is 38.1 Å². The Bertz CT molecular complexity index is 258. The lowest BCUT2D eigenvalue weighted by atomic mass is 9.53. The van der Waals surface area contributed by atoms with Crippen LogP contribution in [0.15, 0.2) is 0 Å². The molecule has 0 aliphatic heterocycles. The van der Waals surface area contributed by atoms with Crippen molar-refractivity contribution < 1.29 is 4.79 Å². The van der Waals surface area contributed by atoms with Crippen LogP contribution in [0.2, 0.25) is 25.7 Å². The number of hydrogen-bond donors (Lipinski definition) is 0. The second-order valence-electron chi connectivity index (χ2n) is 6.81. The molecule has 0 aromatic heterocycles. The molecular weight excluding hydrogens is 200 g/mol. The summed E-state index contributed by atoms with van der Waals surface area (Å²) in [6.45, 7) is 7.31. The summed E-state index contributed by atoms with van der Waals surface area (Å²) >= 11 is 0. The monoisotopic (exact) mass is 224 g/mol. The fourth-order valence-corrected chi connectivity index (χ4v) is 5.61. The van der Waals surface area contributed by atoms with Crippen LogP contribution in [0.3, 0.4) is 0 Å². The Kier molecular flexibility index (Phi) is 2.82. The van der Waals surface area contributed by atoms with Gasteiger partial charge in [0, 0.05) is 19.9 Å². The molecule has 0 radical (unpaired) electrons. The smallest absolute Gasteiger partial charge is 0.139 e. The molecular formula is C13H24OSi. The van der Waals surface area contributed by atoms with Crippen LogP contribution in [-0.2, 0) is 4.79 Å². The Balaban J connectivity index is 2.05. The molecule has 15 heavy (non-hydrogen) atoms. The first-order chi connectivity index (χ1) is 6.94. The Morgan fingerprint density at radius 2 is 1.80 bits per heavy atom. The first-order valence-electron chi connectivity index (χ1n) is 6.47. The Morgan fingerprint density at radius 3 is 2.27 bits per heavy atom. The maximum absolute atomic E-state index is 11.9. The molecule has 2 aliphatic rings. The molecule has 0 aromatic carbocycles. The molecule has 1 atom stereocenters. The summed E-state index contributed by atoms with van der Waals surface area (Å²) in [5.74, 6) is 1.36. The summed E-state index contributed by atoms with van der Waals surface area (Å²) in [5.41, 5.74) is 0.179. The van der Waals surface area contributed by atoms with E-state index in [9.17, 15) is 4.79 Å². The van der Waals surface area contributed by atoms with Crippen LogP contribution in [0.1, 0.15) is 38.5 Å². The van der Waals surface area contributed by atoms with Crippen LogP contribution >= 0.6 is 0 Å². The lowest BCUT2D eigenvalue weighted by Gasteiger charge is -2.52. The van der Waals surface area contributed by atoms with Gasteiger partial charge in [-0.1, -0.05) is 44.9 Å². The molecule has 0 saturated heterocycles. The van der Waals surface area contributed by atoms with Gasteiger partial charge in [-0.3, -0.25) is 4.79 Å². The third-order valence-corrected chi connectivity index (χ3v) is 6.09. The highest BCUT2D eigenvalue weighted by molar-refractivity contribution is 6.76. The second kappa shape index (κ2) is 3.72. The minimum absolute atomic E-state index is 0.179. The summed E-state index contributed by atoms with van der Waals surface area (Å²) in [7, 11) is -0.982. The molecule has 0 amide bonds. The van der Waals surface area contributed by atoms with E-state index in [4.69, 9.17) is 0 Å². The number of Topliss-reactive ketones (excluding diaryl/α,β-unsaturated/α-hetero) is 1. The van der Waals surface area contributed by atoms with E-state index in [0.29, 0.717) is 5.78 Å². The predicted octanol–water partition coefficient (Wildman–Crippen LogP) is 3.86. The Hall–Kier alpha value is -0.113. The normalized spacial score (nSPS) is 30.3. The standard InChI is InChI=1S/C13H24OSi/c1-15(2,3)10-11-9-12(14)13(11)7-5-4-6-8-13/h11H,4-10H2,1-3H3. The number of carbonyl (C=O) groups excluding carboxylic acids is 1. The minimum atomic E-state index is -0.982. The van der Waals surface area contributed by atoms with Gasteiger partial charge in [0.2, 0.25) is 0 Å². The van der Waals surface area contributed by atoms with Gasteiger partial charge in [-0.15, -0.1) is 0 Å². The van der Waals surface area contributed by atoms with E-state index in [2.05, 4.69) is 19.6 Å². The third-order valence-electron chi connectivity index (χ3n) is 4.37. The van der Waals surface area contributed by atoms with Crippen molar-refractivity contribution in [2.24, 2.45) is 11.3 Å². The van der Waals surface area contributed by atoms with Crippen LogP contribution in [0, 0.1) is 11.3 Å². The summed E-state index contributed by atoms with van der Waals surface area (Å²) in [4.78, 5) is 11.9. The van der Waals surface area contributed by atoms with E-state index in [0.717, 1.165) is 12.3 Å². The van der Waals surface area contributed by atoms with Crippen LogP contribution in [-0.4, -0.2) is 13.9 Å². The third kappa shape index (κ3) is 2.06. The van der Waals surface area contributed by atoms with Crippen molar-refractivity contribution in [3.63, 3.8) is 0 Å². The van der Waals surface area contributed by atoms with Gasteiger partial charge in [-0.2, -0.15) is 0 Å². The second-order valence-corrected chi connectivity index (χ2v) is 12.3. The van der Waals surface area contributed by atoms with Gasteiger partial charge in [0.25, 0.3) is 0 Å². The molecule has 1 spiro atoms. The summed E-state index contributed by atoms with van der Waals surface area (Å²) in [6.07, 6.45) is 7.28. The largest absolute Gasteiger partial charge is 0.299 e. The van der Waals surface area contributed by atoms with Crippen LogP contribution < -0.4 is 0 Å². The molecule has 0 N–H and O–H groups in total. The molecule has 2 saturated carbocycles. The van der Waals surface area contributed by atoms with Gasteiger partial charge in [-0.25, -0.2) is 0 Å². The summed E-state index contributed by atoms with van der Waals surface area (Å²) in [6, 6.07) is 1.37. The van der Waals surface area contributed by atoms with Crippen molar-refractivity contribution in [3.8, 4) is 0 Å². The van der Waals surface area contributed by atoms with Crippen molar-refractivity contribution in [1.82, 2.24) is 0 Å². The molecule has 1 nitrogen and oxygen atoms in total. The van der Waals surface area contributed by atoms with Gasteiger partial charge in [0.1, 0.15) is 5.78 Å². The molecule has 0 bridgehead atoms. The fraction of sp³-hybridized carbons (Fsp3) is 0.923. The van der Waals surface area contributed by atoms with E-state index in [-0.39, 0.29) is 5.41 Å². The first-order valence-corrected chi connectivity index (χ1v) is 10.2. The first kappa shape index (κ1) is 11.4.